The van der Waals surface area contributed by atoms with Crippen LogP contribution in [0.1, 0.15) is 5.56 Å². The van der Waals surface area contributed by atoms with E-state index in [2.05, 4.69) is 29.2 Å². The van der Waals surface area contributed by atoms with Gasteiger partial charge in [0.05, 0.1) is 0 Å². The molecule has 0 atom stereocenters. The minimum atomic E-state index is 0.0354. The molecule has 0 saturated carbocycles. The predicted octanol–water partition coefficient (Wildman–Crippen LogP) is 4.73. The number of hydrogen-bond donors (Lipinski definition) is 0. The maximum absolute atomic E-state index is 12.5. The summed E-state index contributed by atoms with van der Waals surface area (Å²) in [6.45, 7) is 4.12. The van der Waals surface area contributed by atoms with Crippen molar-refractivity contribution in [3.05, 3.63) is 89.4 Å². The molecule has 0 radical (unpaired) electrons. The molecule has 0 bridgehead atoms. The SMILES string of the molecule is O=C(COc1ccc(-c2ccccc2)cc1)N1CCN(Cc2ccc(Cl)cc2)CC1. The van der Waals surface area contributed by atoms with Gasteiger partial charge in [0.25, 0.3) is 5.91 Å². The Balaban J connectivity index is 1.22. The lowest BCUT2D eigenvalue weighted by molar-refractivity contribution is -0.135. The molecule has 154 valence electrons. The summed E-state index contributed by atoms with van der Waals surface area (Å²) in [5.74, 6) is 0.748. The van der Waals surface area contributed by atoms with Crippen molar-refractivity contribution < 1.29 is 9.53 Å². The molecule has 1 saturated heterocycles. The Morgan fingerprint density at radius 1 is 0.800 bits per heavy atom. The second-order valence-corrected chi connectivity index (χ2v) is 7.90. The van der Waals surface area contributed by atoms with Gasteiger partial charge in [-0.05, 0) is 41.0 Å². The van der Waals surface area contributed by atoms with Crippen molar-refractivity contribution in [3.8, 4) is 16.9 Å². The van der Waals surface area contributed by atoms with Crippen LogP contribution in [0.2, 0.25) is 5.02 Å². The lowest BCUT2D eigenvalue weighted by atomic mass is 10.1. The largest absolute Gasteiger partial charge is 0.484 e. The highest BCUT2D eigenvalue weighted by molar-refractivity contribution is 6.30. The minimum Gasteiger partial charge on any atom is -0.484 e. The van der Waals surface area contributed by atoms with E-state index in [1.807, 2.05) is 59.5 Å². The van der Waals surface area contributed by atoms with E-state index in [0.29, 0.717) is 5.75 Å². The highest BCUT2D eigenvalue weighted by atomic mass is 35.5. The summed E-state index contributed by atoms with van der Waals surface area (Å²) in [6, 6.07) is 26.0. The van der Waals surface area contributed by atoms with Crippen molar-refractivity contribution in [3.63, 3.8) is 0 Å². The van der Waals surface area contributed by atoms with Crippen LogP contribution in [0.3, 0.4) is 0 Å². The Bertz CT molecular complexity index is 951. The van der Waals surface area contributed by atoms with E-state index in [1.54, 1.807) is 0 Å². The number of nitrogens with zero attached hydrogens (tertiary/aromatic N) is 2. The molecule has 4 rings (SSSR count). The zero-order chi connectivity index (χ0) is 20.8. The maximum Gasteiger partial charge on any atom is 0.260 e. The number of piperazine rings is 1. The molecule has 0 aromatic heterocycles. The Morgan fingerprint density at radius 3 is 2.10 bits per heavy atom. The van der Waals surface area contributed by atoms with Crippen LogP contribution in [0.15, 0.2) is 78.9 Å². The van der Waals surface area contributed by atoms with Crippen LogP contribution >= 0.6 is 11.6 Å². The van der Waals surface area contributed by atoms with Crippen LogP contribution in [0.4, 0.5) is 0 Å². The summed E-state index contributed by atoms with van der Waals surface area (Å²) in [7, 11) is 0. The first kappa shape index (κ1) is 20.5. The number of hydrogen-bond acceptors (Lipinski definition) is 3. The Hall–Kier alpha value is -2.82. The molecule has 1 aliphatic heterocycles. The van der Waals surface area contributed by atoms with Gasteiger partial charge in [-0.25, -0.2) is 0 Å². The van der Waals surface area contributed by atoms with Gasteiger partial charge >= 0.3 is 0 Å². The third-order valence-corrected chi connectivity index (χ3v) is 5.62. The third kappa shape index (κ3) is 5.41. The monoisotopic (exact) mass is 420 g/mol. The van der Waals surface area contributed by atoms with E-state index < -0.39 is 0 Å². The zero-order valence-corrected chi connectivity index (χ0v) is 17.6. The molecule has 1 amide bonds. The summed E-state index contributed by atoms with van der Waals surface area (Å²) in [6.07, 6.45) is 0. The number of amides is 1. The van der Waals surface area contributed by atoms with E-state index in [-0.39, 0.29) is 12.5 Å². The molecule has 0 aliphatic carbocycles. The molecule has 3 aromatic carbocycles. The van der Waals surface area contributed by atoms with Gasteiger partial charge < -0.3 is 9.64 Å². The molecule has 4 nitrogen and oxygen atoms in total. The zero-order valence-electron chi connectivity index (χ0n) is 16.8. The summed E-state index contributed by atoms with van der Waals surface area (Å²) in [5.41, 5.74) is 3.53. The fourth-order valence-electron chi connectivity index (χ4n) is 3.61. The highest BCUT2D eigenvalue weighted by Gasteiger charge is 2.21. The van der Waals surface area contributed by atoms with E-state index in [1.165, 1.54) is 5.56 Å². The van der Waals surface area contributed by atoms with Crippen LogP contribution in [0, 0.1) is 0 Å². The van der Waals surface area contributed by atoms with Crippen LogP contribution in [0.5, 0.6) is 5.75 Å². The average molecular weight is 421 g/mol. The molecule has 3 aromatic rings. The van der Waals surface area contributed by atoms with Gasteiger partial charge in [0.2, 0.25) is 0 Å². The number of benzene rings is 3. The Morgan fingerprint density at radius 2 is 1.43 bits per heavy atom. The van der Waals surface area contributed by atoms with Crippen molar-refractivity contribution in [1.82, 2.24) is 9.80 Å². The first-order valence-corrected chi connectivity index (χ1v) is 10.6. The predicted molar refractivity (Wildman–Crippen MR) is 121 cm³/mol. The fraction of sp³-hybridized carbons (Fsp3) is 0.240. The normalized spacial score (nSPS) is 14.5. The lowest BCUT2D eigenvalue weighted by Gasteiger charge is -2.34. The van der Waals surface area contributed by atoms with Gasteiger partial charge in [-0.15, -0.1) is 0 Å². The van der Waals surface area contributed by atoms with Crippen molar-refractivity contribution in [2.24, 2.45) is 0 Å². The summed E-state index contributed by atoms with van der Waals surface area (Å²) < 4.78 is 5.73. The van der Waals surface area contributed by atoms with Crippen molar-refractivity contribution in [1.29, 1.82) is 0 Å². The number of halogens is 1. The highest BCUT2D eigenvalue weighted by Crippen LogP contribution is 2.22. The van der Waals surface area contributed by atoms with E-state index >= 15 is 0 Å². The van der Waals surface area contributed by atoms with E-state index in [4.69, 9.17) is 16.3 Å². The van der Waals surface area contributed by atoms with Gasteiger partial charge in [-0.3, -0.25) is 9.69 Å². The molecular weight excluding hydrogens is 396 g/mol. The van der Waals surface area contributed by atoms with Gasteiger partial charge in [0.1, 0.15) is 5.75 Å². The number of ether oxygens (including phenoxy) is 1. The van der Waals surface area contributed by atoms with E-state index in [0.717, 1.165) is 48.9 Å². The van der Waals surface area contributed by atoms with Crippen LogP contribution < -0.4 is 4.74 Å². The van der Waals surface area contributed by atoms with Crippen molar-refractivity contribution in [2.45, 2.75) is 6.54 Å². The lowest BCUT2D eigenvalue weighted by Crippen LogP contribution is -2.49. The number of carbonyl (C=O) groups excluding carboxylic acids is 1. The quantitative estimate of drug-likeness (QED) is 0.578. The van der Waals surface area contributed by atoms with Gasteiger partial charge in [0.15, 0.2) is 6.61 Å². The summed E-state index contributed by atoms with van der Waals surface area (Å²) in [4.78, 5) is 16.8. The second-order valence-electron chi connectivity index (χ2n) is 7.46. The molecule has 1 heterocycles. The number of carbonyl (C=O) groups is 1. The molecule has 0 N–H and O–H groups in total. The molecule has 5 heteroatoms. The average Bonchev–Trinajstić information content (AvgIpc) is 2.80. The summed E-state index contributed by atoms with van der Waals surface area (Å²) in [5, 5.41) is 0.754. The van der Waals surface area contributed by atoms with Crippen LogP contribution in [-0.4, -0.2) is 48.5 Å². The van der Waals surface area contributed by atoms with Gasteiger partial charge in [-0.1, -0.05) is 66.2 Å². The topological polar surface area (TPSA) is 32.8 Å². The minimum absolute atomic E-state index is 0.0354. The van der Waals surface area contributed by atoms with Crippen molar-refractivity contribution >= 4 is 17.5 Å². The molecule has 30 heavy (non-hydrogen) atoms. The molecule has 1 fully saturated rings. The van der Waals surface area contributed by atoms with Crippen LogP contribution in [-0.2, 0) is 11.3 Å². The smallest absolute Gasteiger partial charge is 0.260 e. The van der Waals surface area contributed by atoms with Gasteiger partial charge in [-0.2, -0.15) is 0 Å². The standard InChI is InChI=1S/C25H25ClN2O2/c26-23-10-6-20(7-11-23)18-27-14-16-28(17-15-27)25(29)19-30-24-12-8-22(9-13-24)21-4-2-1-3-5-21/h1-13H,14-19H2. The second kappa shape index (κ2) is 9.79. The van der Waals surface area contributed by atoms with Gasteiger partial charge in [0, 0.05) is 37.7 Å². The van der Waals surface area contributed by atoms with E-state index in [9.17, 15) is 4.79 Å². The summed E-state index contributed by atoms with van der Waals surface area (Å²) >= 11 is 5.95. The molecule has 0 spiro atoms. The van der Waals surface area contributed by atoms with Crippen molar-refractivity contribution in [2.75, 3.05) is 32.8 Å². The Labute approximate surface area is 182 Å². The maximum atomic E-state index is 12.5. The third-order valence-electron chi connectivity index (χ3n) is 5.37. The van der Waals surface area contributed by atoms with Crippen LogP contribution in [0.25, 0.3) is 11.1 Å². The molecule has 0 unspecified atom stereocenters. The number of rotatable bonds is 6. The molecule has 1 aliphatic rings. The first-order valence-electron chi connectivity index (χ1n) is 10.2. The fourth-order valence-corrected chi connectivity index (χ4v) is 3.74. The first-order chi connectivity index (χ1) is 14.7. The Kier molecular flexibility index (Phi) is 6.67. The molecular formula is C25H25ClN2O2.